The molecule has 0 unspecified atom stereocenters. The van der Waals surface area contributed by atoms with Crippen molar-refractivity contribution in [2.75, 3.05) is 37.8 Å². The van der Waals surface area contributed by atoms with Crippen molar-refractivity contribution in [3.8, 4) is 28.0 Å². The molecule has 0 atom stereocenters. The van der Waals surface area contributed by atoms with Crippen LogP contribution in [0.3, 0.4) is 0 Å². The molecule has 0 amide bonds. The smallest absolute Gasteiger partial charge is 0.338 e. The summed E-state index contributed by atoms with van der Waals surface area (Å²) in [6.07, 6.45) is 3.34. The third kappa shape index (κ3) is 8.13. The highest BCUT2D eigenvalue weighted by Crippen LogP contribution is 2.41. The summed E-state index contributed by atoms with van der Waals surface area (Å²) in [5.74, 6) is 0.576. The van der Waals surface area contributed by atoms with E-state index in [2.05, 4.69) is 95.9 Å². The van der Waals surface area contributed by atoms with Gasteiger partial charge in [0.15, 0.2) is 8.32 Å². The molecule has 0 bridgehead atoms. The third-order valence-electron chi connectivity index (χ3n) is 9.09. The summed E-state index contributed by atoms with van der Waals surface area (Å²) < 4.78 is 18.1. The Bertz CT molecular complexity index is 1410. The first kappa shape index (κ1) is 33.8. The second-order valence-electron chi connectivity index (χ2n) is 14.5. The van der Waals surface area contributed by atoms with Crippen LogP contribution in [0, 0.1) is 0 Å². The quantitative estimate of drug-likeness (QED) is 0.122. The Morgan fingerprint density at radius 1 is 0.818 bits per heavy atom. The zero-order chi connectivity index (χ0) is 32.1. The van der Waals surface area contributed by atoms with Crippen LogP contribution in [-0.4, -0.2) is 47.2 Å². The summed E-state index contributed by atoms with van der Waals surface area (Å²) in [6.45, 7) is 24.0. The molecule has 3 aromatic carbocycles. The number of nitrogens with zero attached hydrogens (tertiary/aromatic N) is 1. The van der Waals surface area contributed by atoms with E-state index in [1.54, 1.807) is 0 Å². The number of ether oxygens (including phenoxy) is 2. The molecule has 1 saturated heterocycles. The molecule has 0 aliphatic carbocycles. The number of carbonyl (C=O) groups is 1. The molecule has 1 aliphatic rings. The molecule has 0 saturated carbocycles. The number of rotatable bonds is 11. The fourth-order valence-electron chi connectivity index (χ4n) is 5.40. The highest BCUT2D eigenvalue weighted by molar-refractivity contribution is 6.74. The topological polar surface area (TPSA) is 48.0 Å². The van der Waals surface area contributed by atoms with E-state index in [1.165, 1.54) is 24.1 Å². The van der Waals surface area contributed by atoms with E-state index in [-0.39, 0.29) is 16.4 Å². The molecule has 5 nitrogen and oxygen atoms in total. The van der Waals surface area contributed by atoms with E-state index in [4.69, 9.17) is 13.9 Å². The van der Waals surface area contributed by atoms with E-state index < -0.39 is 8.32 Å². The van der Waals surface area contributed by atoms with Gasteiger partial charge in [-0.15, -0.1) is 0 Å². The largest absolute Gasteiger partial charge is 0.493 e. The molecule has 0 radical (unpaired) electrons. The van der Waals surface area contributed by atoms with Crippen LogP contribution in [0.15, 0.2) is 60.7 Å². The molecule has 1 fully saturated rings. The number of esters is 1. The summed E-state index contributed by atoms with van der Waals surface area (Å²) in [6, 6.07) is 21.0. The van der Waals surface area contributed by atoms with Crippen LogP contribution in [0.2, 0.25) is 18.1 Å². The molecule has 1 aliphatic heterocycles. The standard InChI is InChI=1S/C38H53NO4Si/c1-10-41-36(40)29-16-14-28(15-17-29)30-19-21-35(42-24-13-25-43-44(8,9)38(5,6)7)32(26-30)31-18-20-34(39-22-11-12-23-39)33(27-31)37(2,3)4/h14-21,26-27H,10-13,22-25H2,1-9H3. The first-order valence-electron chi connectivity index (χ1n) is 16.3. The average molecular weight is 616 g/mol. The van der Waals surface area contributed by atoms with Crippen LogP contribution in [0.25, 0.3) is 22.3 Å². The predicted octanol–water partition coefficient (Wildman–Crippen LogP) is 9.89. The Labute approximate surface area is 267 Å². The van der Waals surface area contributed by atoms with Crippen LogP contribution < -0.4 is 9.64 Å². The van der Waals surface area contributed by atoms with Crippen LogP contribution in [-0.2, 0) is 14.6 Å². The molecule has 44 heavy (non-hydrogen) atoms. The van der Waals surface area contributed by atoms with Crippen molar-refractivity contribution in [2.24, 2.45) is 0 Å². The van der Waals surface area contributed by atoms with Crippen molar-refractivity contribution in [3.63, 3.8) is 0 Å². The van der Waals surface area contributed by atoms with Gasteiger partial charge in [-0.05, 0) is 102 Å². The van der Waals surface area contributed by atoms with E-state index in [0.29, 0.717) is 25.4 Å². The van der Waals surface area contributed by atoms with E-state index in [9.17, 15) is 4.79 Å². The highest BCUT2D eigenvalue weighted by Gasteiger charge is 2.36. The normalized spacial score (nSPS) is 14.2. The Hall–Kier alpha value is -3.09. The minimum atomic E-state index is -1.79. The third-order valence-corrected chi connectivity index (χ3v) is 13.6. The molecule has 0 N–H and O–H groups in total. The predicted molar refractivity (Wildman–Crippen MR) is 187 cm³/mol. The lowest BCUT2D eigenvalue weighted by Crippen LogP contribution is -2.41. The highest BCUT2D eigenvalue weighted by atomic mass is 28.4. The van der Waals surface area contributed by atoms with Crippen molar-refractivity contribution in [1.29, 1.82) is 0 Å². The number of hydrogen-bond donors (Lipinski definition) is 0. The molecule has 6 heteroatoms. The van der Waals surface area contributed by atoms with Gasteiger partial charge in [-0.25, -0.2) is 4.79 Å². The maximum atomic E-state index is 12.2. The van der Waals surface area contributed by atoms with Crippen molar-refractivity contribution >= 4 is 20.0 Å². The maximum Gasteiger partial charge on any atom is 0.338 e. The van der Waals surface area contributed by atoms with Gasteiger partial charge in [-0.3, -0.25) is 0 Å². The Balaban J connectivity index is 1.66. The van der Waals surface area contributed by atoms with Crippen LogP contribution in [0.1, 0.15) is 83.7 Å². The number of benzene rings is 3. The zero-order valence-electron chi connectivity index (χ0n) is 28.5. The molecular weight excluding hydrogens is 563 g/mol. The first-order valence-corrected chi connectivity index (χ1v) is 19.2. The van der Waals surface area contributed by atoms with Crippen LogP contribution >= 0.6 is 0 Å². The second kappa shape index (κ2) is 13.9. The molecule has 3 aromatic rings. The summed E-state index contributed by atoms with van der Waals surface area (Å²) in [4.78, 5) is 14.7. The van der Waals surface area contributed by atoms with Gasteiger partial charge < -0.3 is 18.8 Å². The van der Waals surface area contributed by atoms with Gasteiger partial charge in [0.1, 0.15) is 5.75 Å². The second-order valence-corrected chi connectivity index (χ2v) is 19.3. The summed E-state index contributed by atoms with van der Waals surface area (Å²) in [5, 5.41) is 0.192. The van der Waals surface area contributed by atoms with Crippen molar-refractivity contribution in [3.05, 3.63) is 71.8 Å². The number of anilines is 1. The van der Waals surface area contributed by atoms with Crippen molar-refractivity contribution < 1.29 is 18.7 Å². The van der Waals surface area contributed by atoms with Crippen LogP contribution in [0.4, 0.5) is 5.69 Å². The van der Waals surface area contributed by atoms with Gasteiger partial charge in [0, 0.05) is 37.4 Å². The lowest BCUT2D eigenvalue weighted by molar-refractivity contribution is 0.0526. The minimum Gasteiger partial charge on any atom is -0.493 e. The fraction of sp³-hybridized carbons (Fsp3) is 0.500. The maximum absolute atomic E-state index is 12.2. The lowest BCUT2D eigenvalue weighted by Gasteiger charge is -2.36. The number of carbonyl (C=O) groups excluding carboxylic acids is 1. The number of hydrogen-bond acceptors (Lipinski definition) is 5. The molecule has 238 valence electrons. The average Bonchev–Trinajstić information content (AvgIpc) is 3.51. The minimum absolute atomic E-state index is 0.00339. The summed E-state index contributed by atoms with van der Waals surface area (Å²) >= 11 is 0. The summed E-state index contributed by atoms with van der Waals surface area (Å²) in [7, 11) is -1.79. The Morgan fingerprint density at radius 2 is 1.45 bits per heavy atom. The zero-order valence-corrected chi connectivity index (χ0v) is 29.5. The van der Waals surface area contributed by atoms with E-state index >= 15 is 0 Å². The van der Waals surface area contributed by atoms with Crippen molar-refractivity contribution in [1.82, 2.24) is 0 Å². The molecular formula is C38H53NO4Si. The van der Waals surface area contributed by atoms with Gasteiger partial charge in [-0.2, -0.15) is 0 Å². The monoisotopic (exact) mass is 615 g/mol. The first-order chi connectivity index (χ1) is 20.7. The van der Waals surface area contributed by atoms with Crippen molar-refractivity contribution in [2.45, 2.75) is 91.3 Å². The Morgan fingerprint density at radius 3 is 2.07 bits per heavy atom. The van der Waals surface area contributed by atoms with Gasteiger partial charge >= 0.3 is 5.97 Å². The van der Waals surface area contributed by atoms with Gasteiger partial charge in [-0.1, -0.05) is 65.8 Å². The van der Waals surface area contributed by atoms with Gasteiger partial charge in [0.2, 0.25) is 0 Å². The summed E-state index contributed by atoms with van der Waals surface area (Å²) in [5.41, 5.74) is 7.59. The fourth-order valence-corrected chi connectivity index (χ4v) is 6.48. The molecule has 0 spiro atoms. The van der Waals surface area contributed by atoms with E-state index in [1.807, 2.05) is 31.2 Å². The van der Waals surface area contributed by atoms with Gasteiger partial charge in [0.05, 0.1) is 18.8 Å². The van der Waals surface area contributed by atoms with Crippen LogP contribution in [0.5, 0.6) is 5.75 Å². The molecule has 4 rings (SSSR count). The van der Waals surface area contributed by atoms with E-state index in [0.717, 1.165) is 47.5 Å². The van der Waals surface area contributed by atoms with Gasteiger partial charge in [0.25, 0.3) is 0 Å². The Kier molecular flexibility index (Phi) is 10.7. The lowest BCUT2D eigenvalue weighted by atomic mass is 9.83. The SMILES string of the molecule is CCOC(=O)c1ccc(-c2ccc(OCCCO[Si](C)(C)C(C)(C)C)c(-c3ccc(N4CCCC4)c(C(C)(C)C)c3)c2)cc1. The molecule has 0 aromatic heterocycles. The molecule has 1 heterocycles.